The summed E-state index contributed by atoms with van der Waals surface area (Å²) in [7, 11) is 0. The highest BCUT2D eigenvalue weighted by Gasteiger charge is 2.14. The summed E-state index contributed by atoms with van der Waals surface area (Å²) >= 11 is 0. The molecule has 0 saturated heterocycles. The molecule has 0 heterocycles. The second-order valence-corrected chi connectivity index (χ2v) is 2.09. The Hall–Kier alpha value is -1.13. The lowest BCUT2D eigenvalue weighted by Gasteiger charge is -1.99. The van der Waals surface area contributed by atoms with Crippen LogP contribution in [0.15, 0.2) is 0 Å². The highest BCUT2D eigenvalue weighted by molar-refractivity contribution is 5.72. The third-order valence-electron chi connectivity index (χ3n) is 1.12. The Morgan fingerprint density at radius 1 is 1.36 bits per heavy atom. The lowest BCUT2D eigenvalue weighted by molar-refractivity contribution is -0.144. The predicted octanol–water partition coefficient (Wildman–Crippen LogP) is 0.664. The van der Waals surface area contributed by atoms with Gasteiger partial charge in [-0.25, -0.2) is 9.18 Å². The topological polar surface area (TPSA) is 74.6 Å². The van der Waals surface area contributed by atoms with Crippen LogP contribution in [0.5, 0.6) is 0 Å². The fourth-order valence-corrected chi connectivity index (χ4v) is 0.556. The standard InChI is InChI=1S/C6H9FO4/c7-4(6(10)11)2-1-3-5(8)9/h4H,1-3H2,(H,8,9)(H,10,11)/t4-/m0/s1. The minimum atomic E-state index is -1.94. The number of hydrogen-bond donors (Lipinski definition) is 2. The van der Waals surface area contributed by atoms with Crippen LogP contribution in [0.2, 0.25) is 0 Å². The molecule has 0 aromatic heterocycles. The molecule has 64 valence electrons. The van der Waals surface area contributed by atoms with Crippen LogP contribution >= 0.6 is 0 Å². The maximum atomic E-state index is 12.2. The van der Waals surface area contributed by atoms with Crippen LogP contribution < -0.4 is 0 Å². The molecule has 0 aromatic carbocycles. The van der Waals surface area contributed by atoms with Crippen LogP contribution in [-0.2, 0) is 9.59 Å². The zero-order chi connectivity index (χ0) is 8.85. The molecule has 4 nitrogen and oxygen atoms in total. The van der Waals surface area contributed by atoms with E-state index in [4.69, 9.17) is 10.2 Å². The van der Waals surface area contributed by atoms with Crippen LogP contribution in [0.4, 0.5) is 4.39 Å². The van der Waals surface area contributed by atoms with E-state index in [1.54, 1.807) is 0 Å². The average molecular weight is 164 g/mol. The van der Waals surface area contributed by atoms with E-state index in [0.717, 1.165) is 0 Å². The zero-order valence-corrected chi connectivity index (χ0v) is 5.79. The largest absolute Gasteiger partial charge is 0.481 e. The van der Waals surface area contributed by atoms with Gasteiger partial charge in [0.05, 0.1) is 0 Å². The number of hydrogen-bond acceptors (Lipinski definition) is 2. The smallest absolute Gasteiger partial charge is 0.338 e. The molecule has 0 radical (unpaired) electrons. The van der Waals surface area contributed by atoms with Gasteiger partial charge in [0.25, 0.3) is 0 Å². The predicted molar refractivity (Wildman–Crippen MR) is 34.0 cm³/mol. The number of aliphatic carboxylic acids is 2. The van der Waals surface area contributed by atoms with Gasteiger partial charge in [-0.15, -0.1) is 0 Å². The first kappa shape index (κ1) is 9.87. The van der Waals surface area contributed by atoms with Crippen LogP contribution in [0.25, 0.3) is 0 Å². The van der Waals surface area contributed by atoms with E-state index in [9.17, 15) is 14.0 Å². The number of carboxylic acid groups (broad SMARTS) is 2. The van der Waals surface area contributed by atoms with E-state index < -0.39 is 18.1 Å². The second-order valence-electron chi connectivity index (χ2n) is 2.09. The lowest BCUT2D eigenvalue weighted by atomic mass is 10.2. The molecule has 0 aromatic rings. The van der Waals surface area contributed by atoms with Gasteiger partial charge >= 0.3 is 11.9 Å². The molecule has 0 spiro atoms. The Bertz CT molecular complexity index is 157. The quantitative estimate of drug-likeness (QED) is 0.626. The van der Waals surface area contributed by atoms with Gasteiger partial charge in [0, 0.05) is 6.42 Å². The third kappa shape index (κ3) is 5.32. The summed E-state index contributed by atoms with van der Waals surface area (Å²) in [5, 5.41) is 16.1. The Labute approximate surface area is 62.6 Å². The molecule has 0 fully saturated rings. The van der Waals surface area contributed by atoms with E-state index in [0.29, 0.717) is 0 Å². The summed E-state index contributed by atoms with van der Waals surface area (Å²) in [4.78, 5) is 19.7. The summed E-state index contributed by atoms with van der Waals surface area (Å²) in [6, 6.07) is 0. The summed E-state index contributed by atoms with van der Waals surface area (Å²) in [5.74, 6) is -2.57. The van der Waals surface area contributed by atoms with Crippen LogP contribution in [0, 0.1) is 0 Å². The van der Waals surface area contributed by atoms with Crippen LogP contribution in [0.3, 0.4) is 0 Å². The normalized spacial score (nSPS) is 12.5. The molecule has 5 heteroatoms. The molecule has 0 amide bonds. The van der Waals surface area contributed by atoms with E-state index in [-0.39, 0.29) is 19.3 Å². The molecule has 0 bridgehead atoms. The Kier molecular flexibility index (Phi) is 4.17. The zero-order valence-electron chi connectivity index (χ0n) is 5.79. The van der Waals surface area contributed by atoms with E-state index in [1.807, 2.05) is 0 Å². The lowest BCUT2D eigenvalue weighted by Crippen LogP contribution is -2.14. The first-order valence-electron chi connectivity index (χ1n) is 3.12. The third-order valence-corrected chi connectivity index (χ3v) is 1.12. The van der Waals surface area contributed by atoms with Crippen molar-refractivity contribution in [2.45, 2.75) is 25.4 Å². The first-order chi connectivity index (χ1) is 5.04. The highest BCUT2D eigenvalue weighted by Crippen LogP contribution is 2.04. The number of rotatable bonds is 5. The highest BCUT2D eigenvalue weighted by atomic mass is 19.1. The van der Waals surface area contributed by atoms with Gasteiger partial charge in [-0.2, -0.15) is 0 Å². The van der Waals surface area contributed by atoms with Gasteiger partial charge in [0.1, 0.15) is 0 Å². The van der Waals surface area contributed by atoms with Crippen molar-refractivity contribution in [3.8, 4) is 0 Å². The number of carboxylic acids is 2. The van der Waals surface area contributed by atoms with Crippen molar-refractivity contribution in [3.63, 3.8) is 0 Å². The van der Waals surface area contributed by atoms with Crippen molar-refractivity contribution in [1.82, 2.24) is 0 Å². The van der Waals surface area contributed by atoms with Gasteiger partial charge in [-0.3, -0.25) is 4.79 Å². The maximum absolute atomic E-state index is 12.2. The summed E-state index contributed by atoms with van der Waals surface area (Å²) in [6.07, 6.45) is -2.30. The SMILES string of the molecule is O=C(O)CCC[C@H](F)C(=O)O. The molecule has 0 unspecified atom stereocenters. The molecule has 0 aliphatic heterocycles. The molecule has 0 rings (SSSR count). The molecule has 0 aliphatic carbocycles. The maximum Gasteiger partial charge on any atom is 0.338 e. The fraction of sp³-hybridized carbons (Fsp3) is 0.667. The molecule has 11 heavy (non-hydrogen) atoms. The van der Waals surface area contributed by atoms with E-state index in [1.165, 1.54) is 0 Å². The second kappa shape index (κ2) is 4.65. The Morgan fingerprint density at radius 2 is 1.91 bits per heavy atom. The van der Waals surface area contributed by atoms with Crippen molar-refractivity contribution < 1.29 is 24.2 Å². The van der Waals surface area contributed by atoms with Gasteiger partial charge in [0.2, 0.25) is 0 Å². The van der Waals surface area contributed by atoms with Gasteiger partial charge < -0.3 is 10.2 Å². The van der Waals surface area contributed by atoms with Crippen molar-refractivity contribution in [3.05, 3.63) is 0 Å². The molecule has 1 atom stereocenters. The summed E-state index contributed by atoms with van der Waals surface area (Å²) < 4.78 is 12.2. The molecule has 2 N–H and O–H groups in total. The Morgan fingerprint density at radius 3 is 2.27 bits per heavy atom. The summed E-state index contributed by atoms with van der Waals surface area (Å²) in [6.45, 7) is 0. The summed E-state index contributed by atoms with van der Waals surface area (Å²) in [5.41, 5.74) is 0. The van der Waals surface area contributed by atoms with Gasteiger partial charge in [-0.1, -0.05) is 0 Å². The van der Waals surface area contributed by atoms with Gasteiger partial charge in [0.15, 0.2) is 6.17 Å². The number of alkyl halides is 1. The van der Waals surface area contributed by atoms with Gasteiger partial charge in [-0.05, 0) is 12.8 Å². The molecular formula is C6H9FO4. The van der Waals surface area contributed by atoms with Crippen LogP contribution in [0.1, 0.15) is 19.3 Å². The van der Waals surface area contributed by atoms with Crippen molar-refractivity contribution >= 4 is 11.9 Å². The van der Waals surface area contributed by atoms with E-state index >= 15 is 0 Å². The van der Waals surface area contributed by atoms with Crippen LogP contribution in [-0.4, -0.2) is 28.3 Å². The Balaban J connectivity index is 3.39. The first-order valence-corrected chi connectivity index (χ1v) is 3.12. The number of halogens is 1. The fourth-order valence-electron chi connectivity index (χ4n) is 0.556. The minimum Gasteiger partial charge on any atom is -0.481 e. The molecule has 0 aliphatic rings. The van der Waals surface area contributed by atoms with Crippen molar-refractivity contribution in [2.24, 2.45) is 0 Å². The van der Waals surface area contributed by atoms with Crippen molar-refractivity contribution in [1.29, 1.82) is 0 Å². The van der Waals surface area contributed by atoms with Crippen molar-refractivity contribution in [2.75, 3.05) is 0 Å². The molecular weight excluding hydrogens is 155 g/mol. The van der Waals surface area contributed by atoms with E-state index in [2.05, 4.69) is 0 Å². The monoisotopic (exact) mass is 164 g/mol. The minimum absolute atomic E-state index is 0.0583. The average Bonchev–Trinajstić information content (AvgIpc) is 1.86. The molecule has 0 saturated carbocycles. The number of carbonyl (C=O) groups is 2.